The maximum Gasteiger partial charge on any atom is 0.261 e. The van der Waals surface area contributed by atoms with E-state index in [0.29, 0.717) is 16.9 Å². The average molecular weight is 380 g/mol. The Bertz CT molecular complexity index is 1070. The summed E-state index contributed by atoms with van der Waals surface area (Å²) in [7, 11) is -3.72. The molecule has 0 bridgehead atoms. The number of amides is 1. The van der Waals surface area contributed by atoms with Crippen LogP contribution < -0.4 is 10.0 Å². The summed E-state index contributed by atoms with van der Waals surface area (Å²) in [6.07, 6.45) is 0. The number of hydrogen-bond donors (Lipinski definition) is 2. The molecule has 0 fully saturated rings. The smallest absolute Gasteiger partial charge is 0.261 e. The van der Waals surface area contributed by atoms with Gasteiger partial charge in [-0.3, -0.25) is 9.52 Å². The monoisotopic (exact) mass is 380 g/mol. The molecule has 1 amide bonds. The van der Waals surface area contributed by atoms with Crippen LogP contribution in [0.1, 0.15) is 21.5 Å². The molecule has 0 radical (unpaired) electrons. The minimum absolute atomic E-state index is 0.169. The van der Waals surface area contributed by atoms with Crippen molar-refractivity contribution in [1.82, 2.24) is 0 Å². The van der Waals surface area contributed by atoms with E-state index < -0.39 is 10.0 Å². The van der Waals surface area contributed by atoms with Gasteiger partial charge >= 0.3 is 0 Å². The topological polar surface area (TPSA) is 75.3 Å². The Balaban J connectivity index is 1.80. The normalized spacial score (nSPS) is 11.0. The van der Waals surface area contributed by atoms with Gasteiger partial charge in [0.25, 0.3) is 15.9 Å². The second-order valence-corrected chi connectivity index (χ2v) is 7.95. The van der Waals surface area contributed by atoms with Crippen LogP contribution in [0.15, 0.2) is 77.7 Å². The average Bonchev–Trinajstić information content (AvgIpc) is 2.64. The first-order valence-corrected chi connectivity index (χ1v) is 9.90. The van der Waals surface area contributed by atoms with Crippen LogP contribution in [0.4, 0.5) is 11.4 Å². The van der Waals surface area contributed by atoms with Gasteiger partial charge in [0, 0.05) is 16.9 Å². The number of carbonyl (C=O) groups is 1. The molecule has 3 aromatic rings. The van der Waals surface area contributed by atoms with Crippen LogP contribution in [-0.2, 0) is 10.0 Å². The third kappa shape index (κ3) is 4.54. The highest BCUT2D eigenvalue weighted by molar-refractivity contribution is 7.92. The zero-order chi connectivity index (χ0) is 19.4. The molecular weight excluding hydrogens is 360 g/mol. The zero-order valence-electron chi connectivity index (χ0n) is 15.1. The fourth-order valence-electron chi connectivity index (χ4n) is 2.56. The van der Waals surface area contributed by atoms with E-state index in [0.717, 1.165) is 11.1 Å². The number of sulfonamides is 1. The lowest BCUT2D eigenvalue weighted by Crippen LogP contribution is -2.15. The van der Waals surface area contributed by atoms with Crippen LogP contribution in [0.3, 0.4) is 0 Å². The summed E-state index contributed by atoms with van der Waals surface area (Å²) in [5.41, 5.74) is 3.33. The fourth-order valence-corrected chi connectivity index (χ4v) is 3.61. The Morgan fingerprint density at radius 3 is 2.26 bits per heavy atom. The molecule has 0 atom stereocenters. The maximum atomic E-state index is 12.5. The molecule has 3 rings (SSSR count). The minimum Gasteiger partial charge on any atom is -0.322 e. The summed E-state index contributed by atoms with van der Waals surface area (Å²) < 4.78 is 27.6. The lowest BCUT2D eigenvalue weighted by atomic mass is 10.1. The summed E-state index contributed by atoms with van der Waals surface area (Å²) in [4.78, 5) is 12.7. The molecule has 0 saturated heterocycles. The van der Waals surface area contributed by atoms with Crippen LogP contribution >= 0.6 is 0 Å². The SMILES string of the molecule is Cc1ccc(S(=O)(=O)Nc2cccc(C(=O)Nc3ccccc3C)c2)cc1. The molecule has 0 spiro atoms. The fraction of sp³-hybridized carbons (Fsp3) is 0.0952. The van der Waals surface area contributed by atoms with Crippen molar-refractivity contribution in [3.8, 4) is 0 Å². The number of benzene rings is 3. The molecule has 5 nitrogen and oxygen atoms in total. The van der Waals surface area contributed by atoms with E-state index in [-0.39, 0.29) is 10.8 Å². The van der Waals surface area contributed by atoms with Gasteiger partial charge in [0.1, 0.15) is 0 Å². The van der Waals surface area contributed by atoms with E-state index >= 15 is 0 Å². The highest BCUT2D eigenvalue weighted by Gasteiger charge is 2.15. The second kappa shape index (κ2) is 7.63. The van der Waals surface area contributed by atoms with Gasteiger partial charge in [0.15, 0.2) is 0 Å². The molecule has 3 aromatic carbocycles. The molecule has 0 unspecified atom stereocenters. The number of nitrogens with one attached hydrogen (secondary N) is 2. The first-order valence-electron chi connectivity index (χ1n) is 8.42. The number of carbonyl (C=O) groups excluding carboxylic acids is 1. The lowest BCUT2D eigenvalue weighted by Gasteiger charge is -2.11. The summed E-state index contributed by atoms with van der Waals surface area (Å²) in [5.74, 6) is -0.305. The van der Waals surface area contributed by atoms with Crippen LogP contribution in [0, 0.1) is 13.8 Å². The van der Waals surface area contributed by atoms with Crippen LogP contribution in [0.5, 0.6) is 0 Å². The van der Waals surface area contributed by atoms with E-state index in [9.17, 15) is 13.2 Å². The van der Waals surface area contributed by atoms with Crippen molar-refractivity contribution in [1.29, 1.82) is 0 Å². The van der Waals surface area contributed by atoms with Crippen molar-refractivity contribution in [3.63, 3.8) is 0 Å². The van der Waals surface area contributed by atoms with Gasteiger partial charge in [0.2, 0.25) is 0 Å². The number of aryl methyl sites for hydroxylation is 2. The van der Waals surface area contributed by atoms with Crippen molar-refractivity contribution < 1.29 is 13.2 Å². The molecule has 27 heavy (non-hydrogen) atoms. The molecule has 0 aromatic heterocycles. The van der Waals surface area contributed by atoms with Gasteiger partial charge in [-0.15, -0.1) is 0 Å². The van der Waals surface area contributed by atoms with Crippen LogP contribution in [0.25, 0.3) is 0 Å². The highest BCUT2D eigenvalue weighted by Crippen LogP contribution is 2.19. The number of hydrogen-bond acceptors (Lipinski definition) is 3. The predicted octanol–water partition coefficient (Wildman–Crippen LogP) is 4.36. The molecule has 0 aliphatic rings. The third-order valence-corrected chi connectivity index (χ3v) is 5.50. The first kappa shape index (κ1) is 18.7. The van der Waals surface area contributed by atoms with Gasteiger partial charge < -0.3 is 5.32 Å². The molecule has 0 saturated carbocycles. The Kier molecular flexibility index (Phi) is 5.28. The summed E-state index contributed by atoms with van der Waals surface area (Å²) in [6.45, 7) is 3.79. The second-order valence-electron chi connectivity index (χ2n) is 6.27. The summed E-state index contributed by atoms with van der Waals surface area (Å²) in [6, 6.07) is 20.4. The van der Waals surface area contributed by atoms with E-state index in [1.165, 1.54) is 6.07 Å². The molecular formula is C21H20N2O3S. The molecule has 138 valence electrons. The summed E-state index contributed by atoms with van der Waals surface area (Å²) >= 11 is 0. The van der Waals surface area contributed by atoms with Gasteiger partial charge in [-0.2, -0.15) is 0 Å². The van der Waals surface area contributed by atoms with Gasteiger partial charge in [0.05, 0.1) is 4.90 Å². The van der Waals surface area contributed by atoms with Crippen LogP contribution in [0.2, 0.25) is 0 Å². The third-order valence-electron chi connectivity index (χ3n) is 4.10. The predicted molar refractivity (Wildman–Crippen MR) is 108 cm³/mol. The van der Waals surface area contributed by atoms with Crippen molar-refractivity contribution in [2.24, 2.45) is 0 Å². The van der Waals surface area contributed by atoms with Gasteiger partial charge in [-0.1, -0.05) is 42.0 Å². The zero-order valence-corrected chi connectivity index (χ0v) is 15.9. The Morgan fingerprint density at radius 1 is 0.852 bits per heavy atom. The molecule has 0 heterocycles. The number of para-hydroxylation sites is 1. The van der Waals surface area contributed by atoms with Crippen molar-refractivity contribution in [2.75, 3.05) is 10.0 Å². The van der Waals surface area contributed by atoms with Crippen LogP contribution in [-0.4, -0.2) is 14.3 Å². The maximum absolute atomic E-state index is 12.5. The van der Waals surface area contributed by atoms with E-state index in [4.69, 9.17) is 0 Å². The Labute approximate surface area is 159 Å². The molecule has 0 aliphatic heterocycles. The number of anilines is 2. The van der Waals surface area contributed by atoms with E-state index in [1.807, 2.05) is 38.1 Å². The van der Waals surface area contributed by atoms with Crippen molar-refractivity contribution in [2.45, 2.75) is 18.7 Å². The van der Waals surface area contributed by atoms with E-state index in [1.54, 1.807) is 42.5 Å². The minimum atomic E-state index is -3.72. The molecule has 2 N–H and O–H groups in total. The number of rotatable bonds is 5. The van der Waals surface area contributed by atoms with Crippen molar-refractivity contribution in [3.05, 3.63) is 89.5 Å². The Morgan fingerprint density at radius 2 is 1.56 bits per heavy atom. The summed E-state index contributed by atoms with van der Waals surface area (Å²) in [5, 5.41) is 2.84. The molecule has 0 aliphatic carbocycles. The Hall–Kier alpha value is -3.12. The van der Waals surface area contributed by atoms with Gasteiger partial charge in [-0.05, 0) is 55.8 Å². The van der Waals surface area contributed by atoms with Gasteiger partial charge in [-0.25, -0.2) is 8.42 Å². The standard InChI is InChI=1S/C21H20N2O3S/c1-15-10-12-19(13-11-15)27(25,26)23-18-8-5-7-17(14-18)21(24)22-20-9-4-3-6-16(20)2/h3-14,23H,1-2H3,(H,22,24). The lowest BCUT2D eigenvalue weighted by molar-refractivity contribution is 0.102. The largest absolute Gasteiger partial charge is 0.322 e. The quantitative estimate of drug-likeness (QED) is 0.691. The van der Waals surface area contributed by atoms with E-state index in [2.05, 4.69) is 10.0 Å². The van der Waals surface area contributed by atoms with Crippen molar-refractivity contribution >= 4 is 27.3 Å². The first-order chi connectivity index (χ1) is 12.8. The highest BCUT2D eigenvalue weighted by atomic mass is 32.2. The molecule has 6 heteroatoms.